The smallest absolute Gasteiger partial charge is 0.0898 e. The van der Waals surface area contributed by atoms with Crippen LogP contribution in [0, 0.1) is 12.8 Å². The zero-order valence-electron chi connectivity index (χ0n) is 13.4. The molecule has 3 nitrogen and oxygen atoms in total. The third-order valence-electron chi connectivity index (χ3n) is 3.32. The third-order valence-corrected chi connectivity index (χ3v) is 4.15. The molecule has 4 heteroatoms. The van der Waals surface area contributed by atoms with Crippen LogP contribution in [0.2, 0.25) is 0 Å². The number of rotatable bonds is 7. The molecule has 0 amide bonds. The molecule has 21 heavy (non-hydrogen) atoms. The molecule has 0 bridgehead atoms. The standard InChI is InChI=1S/C17H25N3S/c1-13(2)9-18-10-15-5-7-17(8-6-15)20(4)11-16-12-21-14(3)19-16/h5-8,12-13,18H,9-11H2,1-4H3. The highest BCUT2D eigenvalue weighted by molar-refractivity contribution is 7.09. The van der Waals surface area contributed by atoms with Crippen LogP contribution < -0.4 is 10.2 Å². The number of nitrogens with one attached hydrogen (secondary N) is 1. The molecular formula is C17H25N3S. The van der Waals surface area contributed by atoms with Crippen LogP contribution in [0.1, 0.15) is 30.1 Å². The van der Waals surface area contributed by atoms with Crippen molar-refractivity contribution in [2.45, 2.75) is 33.9 Å². The Morgan fingerprint density at radius 3 is 2.52 bits per heavy atom. The fourth-order valence-corrected chi connectivity index (χ4v) is 2.79. The number of benzene rings is 1. The van der Waals surface area contributed by atoms with Crippen molar-refractivity contribution in [3.8, 4) is 0 Å². The number of anilines is 1. The molecule has 114 valence electrons. The Morgan fingerprint density at radius 1 is 1.24 bits per heavy atom. The molecule has 0 atom stereocenters. The Morgan fingerprint density at radius 2 is 1.95 bits per heavy atom. The highest BCUT2D eigenvalue weighted by Gasteiger charge is 2.05. The van der Waals surface area contributed by atoms with Gasteiger partial charge < -0.3 is 10.2 Å². The van der Waals surface area contributed by atoms with E-state index >= 15 is 0 Å². The maximum Gasteiger partial charge on any atom is 0.0898 e. The van der Waals surface area contributed by atoms with E-state index in [9.17, 15) is 0 Å². The summed E-state index contributed by atoms with van der Waals surface area (Å²) in [6.07, 6.45) is 0. The molecule has 0 aliphatic rings. The first kappa shape index (κ1) is 16.0. The first-order valence-electron chi connectivity index (χ1n) is 7.46. The fraction of sp³-hybridized carbons (Fsp3) is 0.471. The van der Waals surface area contributed by atoms with Gasteiger partial charge in [0.1, 0.15) is 0 Å². The molecule has 1 N–H and O–H groups in total. The molecule has 0 aliphatic heterocycles. The van der Waals surface area contributed by atoms with Gasteiger partial charge in [-0.05, 0) is 37.1 Å². The van der Waals surface area contributed by atoms with E-state index in [1.54, 1.807) is 11.3 Å². The van der Waals surface area contributed by atoms with Crippen LogP contribution >= 0.6 is 11.3 Å². The monoisotopic (exact) mass is 303 g/mol. The molecule has 0 saturated heterocycles. The van der Waals surface area contributed by atoms with Gasteiger partial charge in [-0.1, -0.05) is 26.0 Å². The van der Waals surface area contributed by atoms with E-state index in [1.165, 1.54) is 11.3 Å². The minimum atomic E-state index is 0.692. The predicted octanol–water partition coefficient (Wildman–Crippen LogP) is 3.83. The number of hydrogen-bond acceptors (Lipinski definition) is 4. The van der Waals surface area contributed by atoms with E-state index in [0.717, 1.165) is 30.3 Å². The molecular weight excluding hydrogens is 278 g/mol. The van der Waals surface area contributed by atoms with E-state index in [-0.39, 0.29) is 0 Å². The summed E-state index contributed by atoms with van der Waals surface area (Å²) >= 11 is 1.71. The van der Waals surface area contributed by atoms with Crippen molar-refractivity contribution in [2.75, 3.05) is 18.5 Å². The number of thiazole rings is 1. The quantitative estimate of drug-likeness (QED) is 0.842. The third kappa shape index (κ3) is 5.14. The molecule has 1 aromatic heterocycles. The predicted molar refractivity (Wildman–Crippen MR) is 91.9 cm³/mol. The lowest BCUT2D eigenvalue weighted by atomic mass is 10.1. The normalized spacial score (nSPS) is 11.1. The largest absolute Gasteiger partial charge is 0.369 e. The Labute approximate surface area is 132 Å². The average Bonchev–Trinajstić information content (AvgIpc) is 2.84. The first-order chi connectivity index (χ1) is 10.0. The second-order valence-corrected chi connectivity index (χ2v) is 6.97. The molecule has 0 unspecified atom stereocenters. The van der Waals surface area contributed by atoms with Gasteiger partial charge in [0.05, 0.1) is 17.2 Å². The zero-order chi connectivity index (χ0) is 15.2. The number of nitrogens with zero attached hydrogens (tertiary/aromatic N) is 2. The summed E-state index contributed by atoms with van der Waals surface area (Å²) in [5.74, 6) is 0.692. The van der Waals surface area contributed by atoms with Crippen molar-refractivity contribution in [1.82, 2.24) is 10.3 Å². The zero-order valence-corrected chi connectivity index (χ0v) is 14.2. The van der Waals surface area contributed by atoms with Gasteiger partial charge in [-0.15, -0.1) is 11.3 Å². The topological polar surface area (TPSA) is 28.2 Å². The van der Waals surface area contributed by atoms with E-state index < -0.39 is 0 Å². The molecule has 2 aromatic rings. The van der Waals surface area contributed by atoms with E-state index in [4.69, 9.17) is 0 Å². The molecule has 1 heterocycles. The molecule has 2 rings (SSSR count). The Hall–Kier alpha value is -1.39. The van der Waals surface area contributed by atoms with Gasteiger partial charge in [-0.2, -0.15) is 0 Å². The summed E-state index contributed by atoms with van der Waals surface area (Å²) in [5.41, 5.74) is 3.70. The summed E-state index contributed by atoms with van der Waals surface area (Å²) in [7, 11) is 2.11. The fourth-order valence-electron chi connectivity index (χ4n) is 2.19. The van der Waals surface area contributed by atoms with Crippen LogP contribution in [0.25, 0.3) is 0 Å². The van der Waals surface area contributed by atoms with Gasteiger partial charge in [-0.25, -0.2) is 4.98 Å². The van der Waals surface area contributed by atoms with Crippen molar-refractivity contribution in [3.05, 3.63) is 45.9 Å². The number of aromatic nitrogens is 1. The lowest BCUT2D eigenvalue weighted by Crippen LogP contribution is -2.19. The van der Waals surface area contributed by atoms with Crippen LogP contribution in [0.4, 0.5) is 5.69 Å². The second-order valence-electron chi connectivity index (χ2n) is 5.91. The van der Waals surface area contributed by atoms with Gasteiger partial charge >= 0.3 is 0 Å². The Kier molecular flexibility index (Phi) is 5.76. The van der Waals surface area contributed by atoms with Gasteiger partial charge in [0, 0.05) is 24.7 Å². The summed E-state index contributed by atoms with van der Waals surface area (Å²) < 4.78 is 0. The molecule has 0 spiro atoms. The highest BCUT2D eigenvalue weighted by Crippen LogP contribution is 2.17. The number of hydrogen-bond donors (Lipinski definition) is 1. The summed E-state index contributed by atoms with van der Waals surface area (Å²) in [6, 6.07) is 8.77. The molecule has 0 saturated carbocycles. The van der Waals surface area contributed by atoms with E-state index in [1.807, 2.05) is 6.92 Å². The SMILES string of the molecule is Cc1nc(CN(C)c2ccc(CNCC(C)C)cc2)cs1. The maximum absolute atomic E-state index is 4.52. The Bertz CT molecular complexity index is 545. The average molecular weight is 303 g/mol. The van der Waals surface area contributed by atoms with Gasteiger partial charge in [0.2, 0.25) is 0 Å². The summed E-state index contributed by atoms with van der Waals surface area (Å²) in [5, 5.41) is 6.73. The minimum absolute atomic E-state index is 0.692. The van der Waals surface area contributed by atoms with Crippen molar-refractivity contribution in [3.63, 3.8) is 0 Å². The summed E-state index contributed by atoms with van der Waals surface area (Å²) in [4.78, 5) is 6.75. The molecule has 0 aliphatic carbocycles. The van der Waals surface area contributed by atoms with Crippen molar-refractivity contribution >= 4 is 17.0 Å². The Balaban J connectivity index is 1.88. The molecule has 0 radical (unpaired) electrons. The lowest BCUT2D eigenvalue weighted by molar-refractivity contribution is 0.552. The minimum Gasteiger partial charge on any atom is -0.369 e. The molecule has 1 aromatic carbocycles. The summed E-state index contributed by atoms with van der Waals surface area (Å²) in [6.45, 7) is 9.36. The van der Waals surface area contributed by atoms with E-state index in [0.29, 0.717) is 5.92 Å². The van der Waals surface area contributed by atoms with Gasteiger partial charge in [0.25, 0.3) is 0 Å². The van der Waals surface area contributed by atoms with Crippen LogP contribution in [-0.2, 0) is 13.1 Å². The number of aryl methyl sites for hydroxylation is 1. The van der Waals surface area contributed by atoms with Crippen LogP contribution in [0.3, 0.4) is 0 Å². The van der Waals surface area contributed by atoms with Gasteiger partial charge in [-0.3, -0.25) is 0 Å². The van der Waals surface area contributed by atoms with Crippen LogP contribution in [0.15, 0.2) is 29.6 Å². The van der Waals surface area contributed by atoms with E-state index in [2.05, 4.69) is 65.7 Å². The molecule has 0 fully saturated rings. The van der Waals surface area contributed by atoms with Crippen molar-refractivity contribution in [2.24, 2.45) is 5.92 Å². The van der Waals surface area contributed by atoms with Crippen LogP contribution in [-0.4, -0.2) is 18.6 Å². The lowest BCUT2D eigenvalue weighted by Gasteiger charge is -2.18. The van der Waals surface area contributed by atoms with Crippen molar-refractivity contribution in [1.29, 1.82) is 0 Å². The van der Waals surface area contributed by atoms with Gasteiger partial charge in [0.15, 0.2) is 0 Å². The first-order valence-corrected chi connectivity index (χ1v) is 8.34. The second kappa shape index (κ2) is 7.57. The highest BCUT2D eigenvalue weighted by atomic mass is 32.1. The van der Waals surface area contributed by atoms with Crippen molar-refractivity contribution < 1.29 is 0 Å². The maximum atomic E-state index is 4.52. The van der Waals surface area contributed by atoms with Crippen LogP contribution in [0.5, 0.6) is 0 Å².